The molecule has 0 aliphatic carbocycles. The first kappa shape index (κ1) is 37.9. The first-order valence-corrected chi connectivity index (χ1v) is 16.3. The number of hydrogen-bond donors (Lipinski definition) is 4. The molecule has 0 spiro atoms. The highest BCUT2D eigenvalue weighted by Crippen LogP contribution is 2.42. The van der Waals surface area contributed by atoms with Gasteiger partial charge in [0.25, 0.3) is 10.2 Å². The monoisotopic (exact) mass is 647 g/mol. The van der Waals surface area contributed by atoms with Crippen molar-refractivity contribution in [2.24, 2.45) is 16.7 Å². The minimum atomic E-state index is -4.59. The van der Waals surface area contributed by atoms with Crippen LogP contribution >= 0.6 is 0 Å². The van der Waals surface area contributed by atoms with Crippen LogP contribution in [0.2, 0.25) is 0 Å². The van der Waals surface area contributed by atoms with Gasteiger partial charge < -0.3 is 20.6 Å². The third-order valence-electron chi connectivity index (χ3n) is 8.89. The van der Waals surface area contributed by atoms with Crippen LogP contribution < -0.4 is 5.32 Å². The number of amides is 1. The highest BCUT2D eigenvalue weighted by Gasteiger charge is 2.53. The Kier molecular flexibility index (Phi) is 12.1. The second kappa shape index (κ2) is 14.4. The molecule has 45 heavy (non-hydrogen) atoms. The van der Waals surface area contributed by atoms with Crippen molar-refractivity contribution in [3.8, 4) is 0 Å². The molecule has 0 aliphatic heterocycles. The Balaban J connectivity index is 2.54. The quantitative estimate of drug-likeness (QED) is 0.189. The van der Waals surface area contributed by atoms with Gasteiger partial charge in [0.05, 0.1) is 10.8 Å². The molecule has 250 valence electrons. The van der Waals surface area contributed by atoms with Gasteiger partial charge in [0.2, 0.25) is 5.91 Å². The largest absolute Gasteiger partial charge is 0.481 e. The standard InChI is InChI=1S/C33H49N3O8S/c1-24(2)23-36(45(43,44)35(8)31(5,6)29(40)41)33(42,22-26-17-13-10-14-18-26)19-20-34-27(37)32(7,30(3,4)28(38)39)21-25-15-11-9-12-16-25/h9-18,24,42H,19-23H2,1-8H3,(H,34,37)(H,38,39)(H,40,41). The van der Waals surface area contributed by atoms with E-state index >= 15 is 0 Å². The third-order valence-corrected chi connectivity index (χ3v) is 11.1. The Morgan fingerprint density at radius 1 is 0.822 bits per heavy atom. The smallest absolute Gasteiger partial charge is 0.324 e. The maximum Gasteiger partial charge on any atom is 0.324 e. The van der Waals surface area contributed by atoms with Crippen LogP contribution in [0.25, 0.3) is 0 Å². The highest BCUT2D eigenvalue weighted by atomic mass is 32.2. The molecular weight excluding hydrogens is 598 g/mol. The van der Waals surface area contributed by atoms with E-state index < -0.39 is 50.1 Å². The van der Waals surface area contributed by atoms with Gasteiger partial charge >= 0.3 is 11.9 Å². The first-order chi connectivity index (χ1) is 20.6. The zero-order valence-electron chi connectivity index (χ0n) is 27.6. The van der Waals surface area contributed by atoms with E-state index in [0.29, 0.717) is 5.56 Å². The molecule has 0 aliphatic rings. The van der Waals surface area contributed by atoms with Crippen molar-refractivity contribution in [1.29, 1.82) is 0 Å². The number of carboxylic acids is 2. The van der Waals surface area contributed by atoms with Gasteiger partial charge in [0.15, 0.2) is 0 Å². The van der Waals surface area contributed by atoms with Crippen LogP contribution in [0.3, 0.4) is 0 Å². The fourth-order valence-corrected chi connectivity index (χ4v) is 7.02. The number of carbonyl (C=O) groups is 3. The number of nitrogens with zero attached hydrogens (tertiary/aromatic N) is 2. The summed E-state index contributed by atoms with van der Waals surface area (Å²) in [6.07, 6.45) is -0.301. The maximum absolute atomic E-state index is 14.1. The van der Waals surface area contributed by atoms with Gasteiger partial charge in [0, 0.05) is 33.0 Å². The number of nitrogens with one attached hydrogen (secondary N) is 1. The van der Waals surface area contributed by atoms with Crippen LogP contribution in [-0.4, -0.2) is 81.6 Å². The molecule has 2 aromatic carbocycles. The Hall–Kier alpha value is -3.32. The normalized spacial score (nSPS) is 15.5. The van der Waals surface area contributed by atoms with Gasteiger partial charge in [-0.3, -0.25) is 14.4 Å². The Bertz CT molecular complexity index is 1430. The van der Waals surface area contributed by atoms with E-state index in [0.717, 1.165) is 21.2 Å². The van der Waals surface area contributed by atoms with E-state index in [4.69, 9.17) is 0 Å². The van der Waals surface area contributed by atoms with Crippen molar-refractivity contribution in [3.05, 3.63) is 71.8 Å². The second-order valence-corrected chi connectivity index (χ2v) is 15.2. The average Bonchev–Trinajstić information content (AvgIpc) is 2.95. The predicted octanol–water partition coefficient (Wildman–Crippen LogP) is 3.78. The van der Waals surface area contributed by atoms with Gasteiger partial charge in [-0.2, -0.15) is 17.0 Å². The molecule has 0 saturated heterocycles. The van der Waals surface area contributed by atoms with Crippen LogP contribution in [0, 0.1) is 16.7 Å². The van der Waals surface area contributed by atoms with E-state index in [1.54, 1.807) is 63.2 Å². The number of carboxylic acid groups (broad SMARTS) is 2. The van der Waals surface area contributed by atoms with Crippen LogP contribution in [0.5, 0.6) is 0 Å². The number of benzene rings is 2. The Morgan fingerprint density at radius 3 is 1.71 bits per heavy atom. The van der Waals surface area contributed by atoms with Crippen molar-refractivity contribution in [1.82, 2.24) is 13.9 Å². The molecule has 0 radical (unpaired) electrons. The van der Waals surface area contributed by atoms with Crippen molar-refractivity contribution in [2.45, 2.75) is 79.0 Å². The summed E-state index contributed by atoms with van der Waals surface area (Å²) in [5.74, 6) is -3.35. The molecule has 0 bridgehead atoms. The Morgan fingerprint density at radius 2 is 1.29 bits per heavy atom. The van der Waals surface area contributed by atoms with Gasteiger partial charge in [-0.05, 0) is 58.1 Å². The molecule has 0 saturated carbocycles. The number of hydrogen-bond acceptors (Lipinski definition) is 6. The van der Waals surface area contributed by atoms with Crippen LogP contribution in [0.4, 0.5) is 0 Å². The van der Waals surface area contributed by atoms with Crippen molar-refractivity contribution < 1.29 is 38.1 Å². The first-order valence-electron chi connectivity index (χ1n) is 14.9. The van der Waals surface area contributed by atoms with Gasteiger partial charge in [0.1, 0.15) is 11.3 Å². The summed E-state index contributed by atoms with van der Waals surface area (Å²) < 4.78 is 29.8. The molecular formula is C33H49N3O8S. The molecule has 4 N–H and O–H groups in total. The number of rotatable bonds is 17. The van der Waals surface area contributed by atoms with Crippen LogP contribution in [0.15, 0.2) is 60.7 Å². The van der Waals surface area contributed by atoms with E-state index in [1.165, 1.54) is 27.7 Å². The van der Waals surface area contributed by atoms with Crippen LogP contribution in [0.1, 0.15) is 66.0 Å². The lowest BCUT2D eigenvalue weighted by Gasteiger charge is -2.44. The van der Waals surface area contributed by atoms with Crippen molar-refractivity contribution >= 4 is 28.1 Å². The third kappa shape index (κ3) is 8.49. The number of carbonyl (C=O) groups excluding carboxylic acids is 1. The number of aliphatic carboxylic acids is 2. The van der Waals surface area contributed by atoms with E-state index in [9.17, 15) is 38.1 Å². The molecule has 2 unspecified atom stereocenters. The molecule has 2 atom stereocenters. The molecule has 2 rings (SSSR count). The molecule has 1 amide bonds. The molecule has 2 aromatic rings. The number of aliphatic hydroxyl groups is 1. The lowest BCUT2D eigenvalue weighted by molar-refractivity contribution is -0.161. The minimum Gasteiger partial charge on any atom is -0.481 e. The summed E-state index contributed by atoms with van der Waals surface area (Å²) in [5, 5.41) is 35.0. The van der Waals surface area contributed by atoms with Crippen LogP contribution in [-0.2, 0) is 37.4 Å². The Labute approximate surface area is 267 Å². The fourth-order valence-electron chi connectivity index (χ4n) is 5.00. The summed E-state index contributed by atoms with van der Waals surface area (Å²) in [7, 11) is -3.43. The van der Waals surface area contributed by atoms with E-state index in [1.807, 2.05) is 18.2 Å². The SMILES string of the molecule is CC(C)CN(C(O)(CCNC(=O)C(C)(Cc1ccccc1)C(C)(C)C(=O)O)Cc1ccccc1)S(=O)(=O)N(C)C(C)(C)C(=O)O. The zero-order chi connectivity index (χ0) is 34.4. The van der Waals surface area contributed by atoms with Gasteiger partial charge in [-0.1, -0.05) is 74.5 Å². The van der Waals surface area contributed by atoms with E-state index in [-0.39, 0.29) is 38.3 Å². The zero-order valence-corrected chi connectivity index (χ0v) is 28.4. The fraction of sp³-hybridized carbons (Fsp3) is 0.545. The summed E-state index contributed by atoms with van der Waals surface area (Å²) in [6.45, 7) is 10.3. The van der Waals surface area contributed by atoms with Gasteiger partial charge in [-0.25, -0.2) is 0 Å². The lowest BCUT2D eigenvalue weighted by atomic mass is 9.63. The summed E-state index contributed by atoms with van der Waals surface area (Å²) >= 11 is 0. The minimum absolute atomic E-state index is 0.121. The average molecular weight is 648 g/mol. The molecule has 0 aromatic heterocycles. The number of likely N-dealkylation sites (N-methyl/N-ethyl adjacent to an activating group) is 1. The maximum atomic E-state index is 14.1. The van der Waals surface area contributed by atoms with Crippen molar-refractivity contribution in [3.63, 3.8) is 0 Å². The van der Waals surface area contributed by atoms with E-state index in [2.05, 4.69) is 5.32 Å². The summed E-state index contributed by atoms with van der Waals surface area (Å²) in [5.41, 5.74) is -5.46. The lowest BCUT2D eigenvalue weighted by Crippen LogP contribution is -2.63. The predicted molar refractivity (Wildman–Crippen MR) is 172 cm³/mol. The van der Waals surface area contributed by atoms with Crippen molar-refractivity contribution in [2.75, 3.05) is 20.1 Å². The highest BCUT2D eigenvalue weighted by molar-refractivity contribution is 7.86. The summed E-state index contributed by atoms with van der Waals surface area (Å²) in [4.78, 5) is 38.2. The second-order valence-electron chi connectivity index (χ2n) is 13.3. The molecule has 0 heterocycles. The molecule has 12 heteroatoms. The molecule has 11 nitrogen and oxygen atoms in total. The van der Waals surface area contributed by atoms with Gasteiger partial charge in [-0.15, -0.1) is 0 Å². The molecule has 0 fully saturated rings. The summed E-state index contributed by atoms with van der Waals surface area (Å²) in [6, 6.07) is 17.8. The topological polar surface area (TPSA) is 165 Å².